The summed E-state index contributed by atoms with van der Waals surface area (Å²) in [6.07, 6.45) is -7.22. The third-order valence-electron chi connectivity index (χ3n) is 4.95. The minimum absolute atomic E-state index is 0.108. The van der Waals surface area contributed by atoms with E-state index in [1.165, 1.54) is 31.4 Å². The number of rotatable bonds is 3. The fourth-order valence-electron chi connectivity index (χ4n) is 3.41. The van der Waals surface area contributed by atoms with Crippen LogP contribution in [0.3, 0.4) is 0 Å². The number of barbiturate groups is 1. The van der Waals surface area contributed by atoms with Gasteiger partial charge >= 0.3 is 17.7 Å². The van der Waals surface area contributed by atoms with Crippen LogP contribution in [0, 0.1) is 0 Å². The fraction of sp³-hybridized carbons (Fsp3) is 0.471. The summed E-state index contributed by atoms with van der Waals surface area (Å²) in [7, 11) is 1.45. The van der Waals surface area contributed by atoms with Gasteiger partial charge in [-0.3, -0.25) is 14.9 Å². The predicted molar refractivity (Wildman–Crippen MR) is 90.5 cm³/mol. The first-order chi connectivity index (χ1) is 13.8. The molecule has 3 saturated heterocycles. The van der Waals surface area contributed by atoms with Crippen molar-refractivity contribution in [2.75, 3.05) is 18.6 Å². The Bertz CT molecular complexity index is 845. The van der Waals surface area contributed by atoms with E-state index in [-0.39, 0.29) is 5.69 Å². The van der Waals surface area contributed by atoms with Gasteiger partial charge in [-0.1, -0.05) is 0 Å². The summed E-state index contributed by atoms with van der Waals surface area (Å²) in [6, 6.07) is 4.82. The molecule has 1 spiro atoms. The number of methoxy groups -OCH3 is 1. The van der Waals surface area contributed by atoms with Crippen LogP contribution < -0.4 is 15.0 Å². The van der Waals surface area contributed by atoms with Crippen LogP contribution in [0.25, 0.3) is 0 Å². The lowest BCUT2D eigenvalue weighted by Gasteiger charge is -2.36. The van der Waals surface area contributed by atoms with Crippen LogP contribution in [0.1, 0.15) is 0 Å². The molecule has 3 aliphatic rings. The summed E-state index contributed by atoms with van der Waals surface area (Å²) < 4.78 is 21.2. The number of fused-ring (bicyclic) bond motifs is 1. The smallest absolute Gasteiger partial charge is 0.336 e. The number of amides is 4. The van der Waals surface area contributed by atoms with Crippen LogP contribution in [0.15, 0.2) is 24.3 Å². The monoisotopic (exact) mass is 410 g/mol. The van der Waals surface area contributed by atoms with Crippen LogP contribution in [0.5, 0.6) is 5.75 Å². The lowest BCUT2D eigenvalue weighted by Crippen LogP contribution is -2.69. The lowest BCUT2D eigenvalue weighted by atomic mass is 9.99. The molecule has 3 heterocycles. The van der Waals surface area contributed by atoms with Crippen molar-refractivity contribution >= 4 is 23.5 Å². The van der Waals surface area contributed by atoms with Crippen LogP contribution in [-0.4, -0.2) is 83.4 Å². The number of benzene rings is 1. The van der Waals surface area contributed by atoms with Crippen LogP contribution in [0.4, 0.5) is 10.5 Å². The number of anilines is 1. The molecular formula is C17H18N2O10. The van der Waals surface area contributed by atoms with Gasteiger partial charge in [0, 0.05) is 0 Å². The third kappa shape index (κ3) is 2.88. The summed E-state index contributed by atoms with van der Waals surface area (Å²) in [5.41, 5.74) is 0.108. The Kier molecular flexibility index (Phi) is 4.77. The Morgan fingerprint density at radius 3 is 2.45 bits per heavy atom. The number of imide groups is 2. The lowest BCUT2D eigenvalue weighted by molar-refractivity contribution is -0.256. The maximum absolute atomic E-state index is 13.1. The maximum Gasteiger partial charge on any atom is 0.336 e. The number of carbonyl (C=O) groups is 3. The number of hydrogen-bond acceptors (Lipinski definition) is 10. The highest BCUT2D eigenvalue weighted by atomic mass is 16.8. The summed E-state index contributed by atoms with van der Waals surface area (Å²) in [6.45, 7) is -0.644. The second-order valence-electron chi connectivity index (χ2n) is 6.62. The highest BCUT2D eigenvalue weighted by Gasteiger charge is 2.67. The summed E-state index contributed by atoms with van der Waals surface area (Å²) >= 11 is 0. The van der Waals surface area contributed by atoms with E-state index >= 15 is 0 Å². The molecule has 12 nitrogen and oxygen atoms in total. The second kappa shape index (κ2) is 7.02. The second-order valence-corrected chi connectivity index (χ2v) is 6.62. The van der Waals surface area contributed by atoms with E-state index in [2.05, 4.69) is 0 Å². The number of carbonyl (C=O) groups excluding carboxylic acids is 3. The molecule has 0 radical (unpaired) electrons. The van der Waals surface area contributed by atoms with Crippen molar-refractivity contribution in [3.63, 3.8) is 0 Å². The molecule has 6 atom stereocenters. The van der Waals surface area contributed by atoms with Crippen molar-refractivity contribution in [1.82, 2.24) is 5.32 Å². The van der Waals surface area contributed by atoms with Crippen molar-refractivity contribution in [1.29, 1.82) is 0 Å². The van der Waals surface area contributed by atoms with E-state index in [0.717, 1.165) is 0 Å². The van der Waals surface area contributed by atoms with Gasteiger partial charge in [0.15, 0.2) is 6.29 Å². The largest absolute Gasteiger partial charge is 0.497 e. The molecular weight excluding hydrogens is 392 g/mol. The minimum Gasteiger partial charge on any atom is -0.497 e. The Morgan fingerprint density at radius 1 is 1.14 bits per heavy atom. The molecule has 0 aliphatic carbocycles. The molecule has 4 N–H and O–H groups in total. The van der Waals surface area contributed by atoms with Gasteiger partial charge in [0.2, 0.25) is 0 Å². The highest BCUT2D eigenvalue weighted by Crippen LogP contribution is 2.40. The van der Waals surface area contributed by atoms with Gasteiger partial charge in [-0.05, 0) is 24.3 Å². The first-order valence-electron chi connectivity index (χ1n) is 8.64. The minimum atomic E-state index is -2.62. The van der Waals surface area contributed by atoms with Gasteiger partial charge in [-0.25, -0.2) is 9.69 Å². The van der Waals surface area contributed by atoms with E-state index in [0.29, 0.717) is 10.6 Å². The predicted octanol–water partition coefficient (Wildman–Crippen LogP) is -2.17. The summed E-state index contributed by atoms with van der Waals surface area (Å²) in [5.74, 6) is -4.49. The fourth-order valence-corrected chi connectivity index (χ4v) is 3.41. The molecule has 12 heteroatoms. The molecule has 0 saturated carbocycles. The van der Waals surface area contributed by atoms with Gasteiger partial charge < -0.3 is 34.3 Å². The number of urea groups is 1. The number of nitrogens with zero attached hydrogens (tertiary/aromatic N) is 1. The first-order valence-corrected chi connectivity index (χ1v) is 8.64. The van der Waals surface area contributed by atoms with E-state index in [4.69, 9.17) is 18.9 Å². The molecule has 1 aromatic rings. The van der Waals surface area contributed by atoms with Crippen molar-refractivity contribution in [2.24, 2.45) is 0 Å². The number of aliphatic hydroxyl groups is 3. The van der Waals surface area contributed by atoms with Crippen molar-refractivity contribution in [3.8, 4) is 5.75 Å². The normalized spacial score (nSPS) is 36.9. The third-order valence-corrected chi connectivity index (χ3v) is 4.95. The standard InChI is InChI=1S/C17H18N2O10/c1-26-8-4-2-7(3-5-8)19-15(24)17(14(23)18-16(19)25)28-12-11(22)10(21)9(6-20)27-13(12)29-17/h2-5,9-13,20-22H,6H2,1H3,(H,18,23,25)/t9-,10+,11+,12-,13-,17?/m1/s1. The maximum atomic E-state index is 13.1. The van der Waals surface area contributed by atoms with Crippen molar-refractivity contribution in [3.05, 3.63) is 24.3 Å². The number of nitrogens with one attached hydrogen (secondary N) is 1. The zero-order valence-electron chi connectivity index (χ0n) is 15.0. The average molecular weight is 410 g/mol. The van der Waals surface area contributed by atoms with E-state index in [1.54, 1.807) is 0 Å². The number of aliphatic hydroxyl groups excluding tert-OH is 3. The Morgan fingerprint density at radius 2 is 1.83 bits per heavy atom. The summed E-state index contributed by atoms with van der Waals surface area (Å²) in [4.78, 5) is 38.6. The molecule has 1 unspecified atom stereocenters. The van der Waals surface area contributed by atoms with Gasteiger partial charge in [0.25, 0.3) is 5.91 Å². The topological polar surface area (TPSA) is 164 Å². The number of hydrogen-bond donors (Lipinski definition) is 4. The van der Waals surface area contributed by atoms with E-state index in [1.807, 2.05) is 5.32 Å². The van der Waals surface area contributed by atoms with Gasteiger partial charge in [-0.2, -0.15) is 0 Å². The van der Waals surface area contributed by atoms with E-state index in [9.17, 15) is 29.7 Å². The molecule has 4 amide bonds. The highest BCUT2D eigenvalue weighted by molar-refractivity contribution is 6.31. The first kappa shape index (κ1) is 19.7. The molecule has 3 aliphatic heterocycles. The molecule has 29 heavy (non-hydrogen) atoms. The van der Waals surface area contributed by atoms with Crippen LogP contribution >= 0.6 is 0 Å². The quantitative estimate of drug-likeness (QED) is 0.403. The molecule has 4 rings (SSSR count). The van der Waals surface area contributed by atoms with Crippen molar-refractivity contribution in [2.45, 2.75) is 36.5 Å². The number of ether oxygens (including phenoxy) is 4. The Labute approximate surface area is 163 Å². The Hall–Kier alpha value is -2.61. The zero-order valence-corrected chi connectivity index (χ0v) is 15.0. The molecule has 0 bridgehead atoms. The van der Waals surface area contributed by atoms with Gasteiger partial charge in [0.05, 0.1) is 19.4 Å². The molecule has 0 aromatic heterocycles. The SMILES string of the molecule is COc1ccc(N2C(=O)NC(=O)C3(O[C@H]4O[C@H](CO)[C@H](O)[C@H](O)[C@H]4O3)C2=O)cc1. The average Bonchev–Trinajstić information content (AvgIpc) is 3.11. The zero-order chi connectivity index (χ0) is 20.9. The van der Waals surface area contributed by atoms with Gasteiger partial charge in [0.1, 0.15) is 30.2 Å². The van der Waals surface area contributed by atoms with E-state index < -0.39 is 60.9 Å². The van der Waals surface area contributed by atoms with Crippen LogP contribution in [0.2, 0.25) is 0 Å². The summed E-state index contributed by atoms with van der Waals surface area (Å²) in [5, 5.41) is 31.5. The van der Waals surface area contributed by atoms with Crippen molar-refractivity contribution < 1.29 is 48.7 Å². The molecule has 3 fully saturated rings. The van der Waals surface area contributed by atoms with Gasteiger partial charge in [-0.15, -0.1) is 0 Å². The molecule has 1 aromatic carbocycles. The molecule has 156 valence electrons. The van der Waals surface area contributed by atoms with Crippen LogP contribution in [-0.2, 0) is 23.8 Å². The Balaban J connectivity index is 1.67.